The number of carboxylic acids is 1. The molecule has 0 saturated carbocycles. The van der Waals surface area contributed by atoms with Crippen molar-refractivity contribution in [1.29, 1.82) is 0 Å². The number of ether oxygens (including phenoxy) is 1. The summed E-state index contributed by atoms with van der Waals surface area (Å²) in [5.74, 6) is -2.38. The molecule has 5 aromatic carbocycles. The maximum atomic E-state index is 14.7. The fourth-order valence-corrected chi connectivity index (χ4v) is 6.88. The zero-order valence-electron chi connectivity index (χ0n) is 28.1. The van der Waals surface area contributed by atoms with Crippen molar-refractivity contribution in [3.8, 4) is 22.3 Å². The number of ketones is 1. The summed E-state index contributed by atoms with van der Waals surface area (Å²) in [6.07, 6.45) is 0.834. The Morgan fingerprint density at radius 2 is 1.44 bits per heavy atom. The van der Waals surface area contributed by atoms with Crippen molar-refractivity contribution >= 4 is 40.3 Å². The molecule has 7 rings (SSSR count). The van der Waals surface area contributed by atoms with Crippen LogP contribution in [0.4, 0.5) is 10.5 Å². The lowest BCUT2D eigenvalue weighted by Crippen LogP contribution is -2.43. The Morgan fingerprint density at radius 3 is 2.15 bits per heavy atom. The Balaban J connectivity index is 1.21. The number of nitrogens with two attached hydrogens (primary N) is 1. The molecule has 2 amide bonds. The molecule has 0 bridgehead atoms. The van der Waals surface area contributed by atoms with Gasteiger partial charge >= 0.3 is 12.1 Å². The number of carbonyl (C=O) groups excluding carboxylic acids is 3. The molecule has 1 aliphatic rings. The zero-order valence-corrected chi connectivity index (χ0v) is 28.1. The Kier molecular flexibility index (Phi) is 9.53. The van der Waals surface area contributed by atoms with Gasteiger partial charge in [0.25, 0.3) is 5.91 Å². The number of para-hydroxylation sites is 1. The van der Waals surface area contributed by atoms with Crippen molar-refractivity contribution in [3.63, 3.8) is 0 Å². The van der Waals surface area contributed by atoms with Gasteiger partial charge in [0, 0.05) is 47.2 Å². The average molecular weight is 693 g/mol. The van der Waals surface area contributed by atoms with E-state index in [0.717, 1.165) is 44.3 Å². The Labute approximate surface area is 299 Å². The molecular formula is C42H36N4O6. The third-order valence-electron chi connectivity index (χ3n) is 9.45. The normalized spacial score (nSPS) is 12.5. The van der Waals surface area contributed by atoms with E-state index in [4.69, 9.17) is 15.6 Å². The van der Waals surface area contributed by atoms with E-state index in [0.29, 0.717) is 11.3 Å². The second kappa shape index (κ2) is 14.7. The van der Waals surface area contributed by atoms with Crippen molar-refractivity contribution in [1.82, 2.24) is 15.6 Å². The number of hydrogen-bond acceptors (Lipinski definition) is 6. The minimum absolute atomic E-state index is 0.0489. The largest absolute Gasteiger partial charge is 0.481 e. The quantitative estimate of drug-likeness (QED) is 0.0684. The van der Waals surface area contributed by atoms with Crippen LogP contribution in [0.5, 0.6) is 0 Å². The van der Waals surface area contributed by atoms with Gasteiger partial charge in [0.05, 0.1) is 18.0 Å². The summed E-state index contributed by atoms with van der Waals surface area (Å²) in [6.45, 7) is -0.0734. The van der Waals surface area contributed by atoms with E-state index in [1.807, 2.05) is 72.8 Å². The number of nitrogens with one attached hydrogen (secondary N) is 3. The van der Waals surface area contributed by atoms with Gasteiger partial charge in [-0.3, -0.25) is 14.4 Å². The van der Waals surface area contributed by atoms with Crippen LogP contribution in [0.1, 0.15) is 49.7 Å². The number of nitrogen functional groups attached to an aromatic ring is 1. The summed E-state index contributed by atoms with van der Waals surface area (Å²) in [6, 6.07) is 34.5. The SMILES string of the molecule is Nc1ccc(-c2ccc(C(=O)NCCC(=O)O)c(C(=O)[C@H](Cc3c[nH]c4ccccc34)NC(=O)OCC3c4ccccc4-c4ccccc43)c2)cc1. The third-order valence-corrected chi connectivity index (χ3v) is 9.45. The van der Waals surface area contributed by atoms with Crippen molar-refractivity contribution in [2.45, 2.75) is 24.8 Å². The molecule has 0 saturated heterocycles. The van der Waals surface area contributed by atoms with Crippen molar-refractivity contribution in [2.24, 2.45) is 0 Å². The summed E-state index contributed by atoms with van der Waals surface area (Å²) in [5, 5.41) is 15.4. The number of aliphatic carboxylic acids is 1. The number of benzene rings is 5. The molecular weight excluding hydrogens is 656 g/mol. The van der Waals surface area contributed by atoms with Gasteiger partial charge in [-0.15, -0.1) is 0 Å². The number of carboxylic acid groups (broad SMARTS) is 1. The molecule has 0 aliphatic heterocycles. The Hall–Kier alpha value is -6.68. The predicted molar refractivity (Wildman–Crippen MR) is 199 cm³/mol. The number of amides is 2. The number of fused-ring (bicyclic) bond motifs is 4. The van der Waals surface area contributed by atoms with E-state index in [9.17, 15) is 19.2 Å². The van der Waals surface area contributed by atoms with Crippen LogP contribution in [0, 0.1) is 0 Å². The fourth-order valence-electron chi connectivity index (χ4n) is 6.88. The van der Waals surface area contributed by atoms with Crippen LogP contribution in [0.2, 0.25) is 0 Å². The minimum Gasteiger partial charge on any atom is -0.481 e. The Morgan fingerprint density at radius 1 is 0.788 bits per heavy atom. The molecule has 260 valence electrons. The van der Waals surface area contributed by atoms with E-state index in [-0.39, 0.29) is 43.0 Å². The molecule has 1 aromatic heterocycles. The number of aromatic amines is 1. The summed E-state index contributed by atoms with van der Waals surface area (Å²) in [7, 11) is 0. The number of Topliss-reactive ketones (excluding diaryl/α,β-unsaturated/α-hetero) is 1. The first kappa shape index (κ1) is 33.8. The highest BCUT2D eigenvalue weighted by atomic mass is 16.5. The lowest BCUT2D eigenvalue weighted by atomic mass is 9.91. The smallest absolute Gasteiger partial charge is 0.407 e. The van der Waals surface area contributed by atoms with E-state index < -0.39 is 29.8 Å². The zero-order chi connectivity index (χ0) is 36.2. The molecule has 6 N–H and O–H groups in total. The van der Waals surface area contributed by atoms with Crippen molar-refractivity contribution in [3.05, 3.63) is 149 Å². The van der Waals surface area contributed by atoms with Crippen LogP contribution in [0.25, 0.3) is 33.2 Å². The van der Waals surface area contributed by atoms with Crippen LogP contribution < -0.4 is 16.4 Å². The van der Waals surface area contributed by atoms with Crippen molar-refractivity contribution < 1.29 is 29.0 Å². The molecule has 1 aliphatic carbocycles. The van der Waals surface area contributed by atoms with Crippen LogP contribution in [-0.4, -0.2) is 53.0 Å². The summed E-state index contributed by atoms with van der Waals surface area (Å²) >= 11 is 0. The van der Waals surface area contributed by atoms with E-state index >= 15 is 0 Å². The van der Waals surface area contributed by atoms with Crippen LogP contribution in [-0.2, 0) is 16.0 Å². The van der Waals surface area contributed by atoms with E-state index in [1.54, 1.807) is 30.5 Å². The second-order valence-electron chi connectivity index (χ2n) is 12.7. The molecule has 0 radical (unpaired) electrons. The van der Waals surface area contributed by atoms with Gasteiger partial charge in [-0.05, 0) is 69.3 Å². The average Bonchev–Trinajstić information content (AvgIpc) is 3.72. The molecule has 52 heavy (non-hydrogen) atoms. The maximum absolute atomic E-state index is 14.7. The number of alkyl carbamates (subject to hydrolysis) is 1. The first-order chi connectivity index (χ1) is 25.3. The lowest BCUT2D eigenvalue weighted by molar-refractivity contribution is -0.136. The van der Waals surface area contributed by atoms with Gasteiger partial charge in [0.15, 0.2) is 5.78 Å². The fraction of sp³-hybridized carbons (Fsp3) is 0.143. The van der Waals surface area contributed by atoms with Crippen molar-refractivity contribution in [2.75, 3.05) is 18.9 Å². The molecule has 10 heteroatoms. The predicted octanol–water partition coefficient (Wildman–Crippen LogP) is 6.95. The minimum atomic E-state index is -1.14. The number of carbonyl (C=O) groups is 4. The second-order valence-corrected chi connectivity index (χ2v) is 12.7. The molecule has 0 spiro atoms. The molecule has 1 heterocycles. The number of rotatable bonds is 12. The van der Waals surface area contributed by atoms with Gasteiger partial charge in [-0.1, -0.05) is 84.9 Å². The van der Waals surface area contributed by atoms with Gasteiger partial charge in [-0.25, -0.2) is 4.79 Å². The maximum Gasteiger partial charge on any atom is 0.407 e. The number of hydrogen-bond donors (Lipinski definition) is 5. The third kappa shape index (κ3) is 6.99. The standard InChI is InChI=1S/C42H36N4O6/c43-28-16-13-25(14-17-28)26-15-18-34(41(50)44-20-19-39(47)48)35(21-26)40(49)38(22-27-23-45-37-12-6-5-7-29(27)37)46-42(51)52-24-36-32-10-3-1-8-30(32)31-9-2-4-11-33(31)36/h1-18,21,23,36,38,45H,19-20,22,24,43H2,(H,44,50)(H,46,51)(H,47,48)/t38-/m0/s1. The highest BCUT2D eigenvalue weighted by molar-refractivity contribution is 6.11. The topological polar surface area (TPSA) is 164 Å². The van der Waals surface area contributed by atoms with Crippen LogP contribution >= 0.6 is 0 Å². The molecule has 6 aromatic rings. The van der Waals surface area contributed by atoms with E-state index in [2.05, 4.69) is 27.8 Å². The van der Waals surface area contributed by atoms with Gasteiger partial charge < -0.3 is 31.2 Å². The number of H-pyrrole nitrogens is 1. The monoisotopic (exact) mass is 692 g/mol. The highest BCUT2D eigenvalue weighted by Gasteiger charge is 2.31. The lowest BCUT2D eigenvalue weighted by Gasteiger charge is -2.21. The molecule has 0 unspecified atom stereocenters. The summed E-state index contributed by atoms with van der Waals surface area (Å²) < 4.78 is 5.86. The number of anilines is 1. The van der Waals surface area contributed by atoms with Gasteiger partial charge in [-0.2, -0.15) is 0 Å². The molecule has 0 fully saturated rings. The number of aromatic nitrogens is 1. The first-order valence-corrected chi connectivity index (χ1v) is 17.0. The summed E-state index contributed by atoms with van der Waals surface area (Å²) in [5.41, 5.74) is 14.0. The molecule has 10 nitrogen and oxygen atoms in total. The van der Waals surface area contributed by atoms with Crippen LogP contribution in [0.3, 0.4) is 0 Å². The van der Waals surface area contributed by atoms with E-state index in [1.165, 1.54) is 6.07 Å². The van der Waals surface area contributed by atoms with Gasteiger partial charge in [0.1, 0.15) is 6.61 Å². The van der Waals surface area contributed by atoms with Gasteiger partial charge in [0.2, 0.25) is 0 Å². The molecule has 1 atom stereocenters. The first-order valence-electron chi connectivity index (χ1n) is 17.0. The highest BCUT2D eigenvalue weighted by Crippen LogP contribution is 2.44. The Bertz CT molecular complexity index is 2270. The summed E-state index contributed by atoms with van der Waals surface area (Å²) in [4.78, 5) is 56.2. The van der Waals surface area contributed by atoms with Crippen LogP contribution in [0.15, 0.2) is 121 Å².